The minimum Gasteiger partial charge on any atom is -0.378 e. The molecule has 3 nitrogen and oxygen atoms in total. The van der Waals surface area contributed by atoms with E-state index in [0.717, 1.165) is 35.0 Å². The Labute approximate surface area is 116 Å². The maximum atomic E-state index is 12.0. The van der Waals surface area contributed by atoms with Gasteiger partial charge in [0.05, 0.1) is 17.7 Å². The SMILES string of the molecule is COC1(CC(=O)Nc2cc(C)ccc2Br)CCC1. The summed E-state index contributed by atoms with van der Waals surface area (Å²) in [6.07, 6.45) is 3.54. The molecule has 1 aromatic carbocycles. The predicted molar refractivity (Wildman–Crippen MR) is 75.7 cm³/mol. The van der Waals surface area contributed by atoms with Crippen LogP contribution in [-0.2, 0) is 9.53 Å². The molecule has 0 aromatic heterocycles. The summed E-state index contributed by atoms with van der Waals surface area (Å²) in [6.45, 7) is 2.00. The highest BCUT2D eigenvalue weighted by molar-refractivity contribution is 9.10. The van der Waals surface area contributed by atoms with E-state index in [1.807, 2.05) is 25.1 Å². The van der Waals surface area contributed by atoms with E-state index in [-0.39, 0.29) is 11.5 Å². The summed E-state index contributed by atoms with van der Waals surface area (Å²) in [5.41, 5.74) is 1.73. The van der Waals surface area contributed by atoms with Crippen molar-refractivity contribution in [2.75, 3.05) is 12.4 Å². The molecule has 4 heteroatoms. The molecule has 0 bridgehead atoms. The lowest BCUT2D eigenvalue weighted by atomic mass is 9.77. The van der Waals surface area contributed by atoms with Crippen LogP contribution >= 0.6 is 15.9 Å². The molecule has 0 aliphatic heterocycles. The van der Waals surface area contributed by atoms with Crippen LogP contribution < -0.4 is 5.32 Å². The van der Waals surface area contributed by atoms with Crippen molar-refractivity contribution in [1.29, 1.82) is 0 Å². The number of hydrogen-bond acceptors (Lipinski definition) is 2. The van der Waals surface area contributed by atoms with Gasteiger partial charge in [0.2, 0.25) is 5.91 Å². The van der Waals surface area contributed by atoms with E-state index in [2.05, 4.69) is 21.2 Å². The number of hydrogen-bond donors (Lipinski definition) is 1. The zero-order chi connectivity index (χ0) is 13.2. The smallest absolute Gasteiger partial charge is 0.227 e. The number of aryl methyl sites for hydroxylation is 1. The van der Waals surface area contributed by atoms with Crippen LogP contribution in [0.15, 0.2) is 22.7 Å². The first-order valence-electron chi connectivity index (χ1n) is 6.16. The molecule has 1 N–H and O–H groups in total. The van der Waals surface area contributed by atoms with Crippen molar-refractivity contribution >= 4 is 27.5 Å². The van der Waals surface area contributed by atoms with Gasteiger partial charge in [0.1, 0.15) is 0 Å². The third-order valence-electron chi connectivity index (χ3n) is 3.58. The Balaban J connectivity index is 2.00. The molecule has 18 heavy (non-hydrogen) atoms. The first kappa shape index (κ1) is 13.6. The van der Waals surface area contributed by atoms with Gasteiger partial charge in [-0.2, -0.15) is 0 Å². The fraction of sp³-hybridized carbons (Fsp3) is 0.500. The molecule has 98 valence electrons. The van der Waals surface area contributed by atoms with Crippen molar-refractivity contribution in [1.82, 2.24) is 0 Å². The summed E-state index contributed by atoms with van der Waals surface area (Å²) >= 11 is 3.44. The van der Waals surface area contributed by atoms with Gasteiger partial charge in [0.25, 0.3) is 0 Å². The topological polar surface area (TPSA) is 38.3 Å². The summed E-state index contributed by atoms with van der Waals surface area (Å²) in [5, 5.41) is 2.94. The second kappa shape index (κ2) is 5.41. The summed E-state index contributed by atoms with van der Waals surface area (Å²) < 4.78 is 6.37. The summed E-state index contributed by atoms with van der Waals surface area (Å²) in [7, 11) is 1.69. The summed E-state index contributed by atoms with van der Waals surface area (Å²) in [5.74, 6) is 0.0165. The molecule has 0 spiro atoms. The lowest BCUT2D eigenvalue weighted by molar-refractivity contribution is -0.129. The van der Waals surface area contributed by atoms with E-state index in [1.165, 1.54) is 0 Å². The fourth-order valence-corrected chi connectivity index (χ4v) is 2.59. The Morgan fingerprint density at radius 3 is 2.78 bits per heavy atom. The van der Waals surface area contributed by atoms with Crippen LogP contribution in [0.1, 0.15) is 31.2 Å². The lowest BCUT2D eigenvalue weighted by Gasteiger charge is -2.39. The van der Waals surface area contributed by atoms with Crippen molar-refractivity contribution < 1.29 is 9.53 Å². The monoisotopic (exact) mass is 311 g/mol. The molecular weight excluding hydrogens is 294 g/mol. The Morgan fingerprint density at radius 2 is 2.22 bits per heavy atom. The van der Waals surface area contributed by atoms with Gasteiger partial charge in [-0.3, -0.25) is 4.79 Å². The van der Waals surface area contributed by atoms with Gasteiger partial charge < -0.3 is 10.1 Å². The summed E-state index contributed by atoms with van der Waals surface area (Å²) in [4.78, 5) is 12.0. The number of carbonyl (C=O) groups is 1. The first-order chi connectivity index (χ1) is 8.54. The highest BCUT2D eigenvalue weighted by atomic mass is 79.9. The van der Waals surface area contributed by atoms with E-state index < -0.39 is 0 Å². The second-order valence-corrected chi connectivity index (χ2v) is 5.80. The van der Waals surface area contributed by atoms with Crippen molar-refractivity contribution in [3.05, 3.63) is 28.2 Å². The maximum absolute atomic E-state index is 12.0. The fourth-order valence-electron chi connectivity index (χ4n) is 2.25. The minimum atomic E-state index is -0.222. The van der Waals surface area contributed by atoms with Crippen LogP contribution in [0.3, 0.4) is 0 Å². The summed E-state index contributed by atoms with van der Waals surface area (Å²) in [6, 6.07) is 5.91. The van der Waals surface area contributed by atoms with E-state index in [4.69, 9.17) is 4.74 Å². The largest absolute Gasteiger partial charge is 0.378 e. The number of amides is 1. The Hall–Kier alpha value is -0.870. The quantitative estimate of drug-likeness (QED) is 0.921. The standard InChI is InChI=1S/C14H18BrNO2/c1-10-4-5-11(15)12(8-10)16-13(17)9-14(18-2)6-3-7-14/h4-5,8H,3,6-7,9H2,1-2H3,(H,16,17). The van der Waals surface area contributed by atoms with E-state index in [1.54, 1.807) is 7.11 Å². The molecule has 0 radical (unpaired) electrons. The second-order valence-electron chi connectivity index (χ2n) is 4.95. The third kappa shape index (κ3) is 2.93. The minimum absolute atomic E-state index is 0.0165. The van der Waals surface area contributed by atoms with E-state index in [0.29, 0.717) is 6.42 Å². The highest BCUT2D eigenvalue weighted by Crippen LogP contribution is 2.38. The third-order valence-corrected chi connectivity index (χ3v) is 4.27. The zero-order valence-corrected chi connectivity index (χ0v) is 12.3. The van der Waals surface area contributed by atoms with E-state index >= 15 is 0 Å². The molecule has 1 fully saturated rings. The molecule has 0 unspecified atom stereocenters. The number of anilines is 1. The first-order valence-corrected chi connectivity index (χ1v) is 6.95. The molecule has 1 amide bonds. The van der Waals surface area contributed by atoms with Crippen LogP contribution in [0.5, 0.6) is 0 Å². The van der Waals surface area contributed by atoms with Crippen molar-refractivity contribution in [3.63, 3.8) is 0 Å². The van der Waals surface area contributed by atoms with Gasteiger partial charge in [-0.05, 0) is 59.8 Å². The van der Waals surface area contributed by atoms with Gasteiger partial charge in [0, 0.05) is 11.6 Å². The van der Waals surface area contributed by atoms with Gasteiger partial charge in [-0.25, -0.2) is 0 Å². The number of nitrogens with one attached hydrogen (secondary N) is 1. The predicted octanol–water partition coefficient (Wildman–Crippen LogP) is 3.66. The number of carbonyl (C=O) groups excluding carboxylic acids is 1. The molecule has 1 saturated carbocycles. The normalized spacial score (nSPS) is 17.1. The number of benzene rings is 1. The van der Waals surface area contributed by atoms with Crippen LogP contribution in [-0.4, -0.2) is 18.6 Å². The van der Waals surface area contributed by atoms with Crippen molar-refractivity contribution in [2.24, 2.45) is 0 Å². The number of rotatable bonds is 4. The highest BCUT2D eigenvalue weighted by Gasteiger charge is 2.39. The molecule has 2 rings (SSSR count). The van der Waals surface area contributed by atoms with Crippen LogP contribution in [0.4, 0.5) is 5.69 Å². The molecular formula is C14H18BrNO2. The number of methoxy groups -OCH3 is 1. The molecule has 1 aliphatic rings. The molecule has 0 saturated heterocycles. The van der Waals surface area contributed by atoms with Crippen molar-refractivity contribution in [2.45, 2.75) is 38.2 Å². The molecule has 1 aliphatic carbocycles. The molecule has 0 heterocycles. The van der Waals surface area contributed by atoms with Gasteiger partial charge >= 0.3 is 0 Å². The van der Waals surface area contributed by atoms with Gasteiger partial charge in [0.15, 0.2) is 0 Å². The number of halogens is 1. The Morgan fingerprint density at radius 1 is 1.50 bits per heavy atom. The zero-order valence-electron chi connectivity index (χ0n) is 10.8. The Kier molecular flexibility index (Phi) is 4.07. The van der Waals surface area contributed by atoms with Crippen LogP contribution in [0.25, 0.3) is 0 Å². The average molecular weight is 312 g/mol. The molecule has 0 atom stereocenters. The maximum Gasteiger partial charge on any atom is 0.227 e. The number of ether oxygens (including phenoxy) is 1. The Bertz CT molecular complexity index is 450. The van der Waals surface area contributed by atoms with E-state index in [9.17, 15) is 4.79 Å². The van der Waals surface area contributed by atoms with Crippen LogP contribution in [0, 0.1) is 6.92 Å². The van der Waals surface area contributed by atoms with Gasteiger partial charge in [-0.1, -0.05) is 6.07 Å². The lowest BCUT2D eigenvalue weighted by Crippen LogP contribution is -2.42. The molecule has 1 aromatic rings. The van der Waals surface area contributed by atoms with Gasteiger partial charge in [-0.15, -0.1) is 0 Å². The van der Waals surface area contributed by atoms with Crippen LogP contribution in [0.2, 0.25) is 0 Å². The van der Waals surface area contributed by atoms with Crippen molar-refractivity contribution in [3.8, 4) is 0 Å². The average Bonchev–Trinajstić information content (AvgIpc) is 2.28.